The maximum atomic E-state index is 13.0. The maximum absolute atomic E-state index is 13.0. The van der Waals surface area contributed by atoms with Crippen LogP contribution in [0.1, 0.15) is 53.9 Å². The molecule has 4 rings (SSSR count). The number of hydrogen-bond donors (Lipinski definition) is 1. The summed E-state index contributed by atoms with van der Waals surface area (Å²) < 4.78 is 13.0. The van der Waals surface area contributed by atoms with Gasteiger partial charge in [-0.15, -0.1) is 10.2 Å². The van der Waals surface area contributed by atoms with Crippen molar-refractivity contribution in [2.24, 2.45) is 0 Å². The normalized spacial score (nSPS) is 14.9. The average molecular weight is 381 g/mol. The first-order valence-corrected chi connectivity index (χ1v) is 10.0. The largest absolute Gasteiger partial charge is 0.296 e. The predicted octanol–water partition coefficient (Wildman–Crippen LogP) is 5.64. The van der Waals surface area contributed by atoms with E-state index in [0.717, 1.165) is 5.56 Å². The fourth-order valence-corrected chi connectivity index (χ4v) is 4.24. The van der Waals surface area contributed by atoms with Crippen LogP contribution in [-0.4, -0.2) is 16.1 Å². The number of aromatic nitrogens is 2. The van der Waals surface area contributed by atoms with Crippen LogP contribution in [0.2, 0.25) is 0 Å². The monoisotopic (exact) mass is 381 g/mol. The number of benzene rings is 2. The standard InChI is InChI=1S/C21H20FN3OS/c22-18-12-10-17(11-13-18)20-24-25-21(27-20)23-19(26)16-8-6-15(7-9-16)14-4-2-1-3-5-14/h6-14H,1-5H2,(H,23,25,26). The number of rotatable bonds is 4. The molecule has 1 aromatic heterocycles. The molecule has 27 heavy (non-hydrogen) atoms. The Morgan fingerprint density at radius 1 is 0.963 bits per heavy atom. The Kier molecular flexibility index (Phi) is 5.25. The lowest BCUT2D eigenvalue weighted by Crippen LogP contribution is -2.12. The molecule has 0 bridgehead atoms. The van der Waals surface area contributed by atoms with Crippen LogP contribution in [-0.2, 0) is 0 Å². The van der Waals surface area contributed by atoms with Crippen LogP contribution in [0, 0.1) is 5.82 Å². The Morgan fingerprint density at radius 2 is 1.67 bits per heavy atom. The molecule has 1 N–H and O–H groups in total. The molecular formula is C21H20FN3OS. The number of anilines is 1. The number of amides is 1. The molecule has 0 saturated heterocycles. The molecule has 0 aliphatic heterocycles. The van der Waals surface area contributed by atoms with Gasteiger partial charge < -0.3 is 0 Å². The van der Waals surface area contributed by atoms with Crippen molar-refractivity contribution >= 4 is 22.4 Å². The Labute approximate surface area is 161 Å². The molecule has 2 aromatic carbocycles. The van der Waals surface area contributed by atoms with Crippen LogP contribution in [0.3, 0.4) is 0 Å². The minimum absolute atomic E-state index is 0.202. The number of carbonyl (C=O) groups excluding carboxylic acids is 1. The molecule has 0 atom stereocenters. The van der Waals surface area contributed by atoms with Gasteiger partial charge in [-0.1, -0.05) is 42.7 Å². The van der Waals surface area contributed by atoms with Gasteiger partial charge in [0.15, 0.2) is 0 Å². The van der Waals surface area contributed by atoms with Gasteiger partial charge in [-0.2, -0.15) is 0 Å². The summed E-state index contributed by atoms with van der Waals surface area (Å²) in [5, 5.41) is 11.9. The zero-order valence-corrected chi connectivity index (χ0v) is 15.6. The first-order chi connectivity index (χ1) is 13.2. The highest BCUT2D eigenvalue weighted by atomic mass is 32.1. The molecule has 138 valence electrons. The SMILES string of the molecule is O=C(Nc1nnc(-c2ccc(F)cc2)s1)c1ccc(C2CCCCC2)cc1. The third-order valence-corrected chi connectivity index (χ3v) is 5.87. The number of nitrogens with zero attached hydrogens (tertiary/aromatic N) is 2. The van der Waals surface area contributed by atoms with Gasteiger partial charge in [-0.25, -0.2) is 4.39 Å². The van der Waals surface area contributed by atoms with E-state index in [2.05, 4.69) is 27.6 Å². The van der Waals surface area contributed by atoms with Crippen LogP contribution in [0.25, 0.3) is 10.6 Å². The van der Waals surface area contributed by atoms with Crippen molar-refractivity contribution in [3.8, 4) is 10.6 Å². The lowest BCUT2D eigenvalue weighted by molar-refractivity contribution is 0.102. The van der Waals surface area contributed by atoms with Crippen molar-refractivity contribution in [2.75, 3.05) is 5.32 Å². The molecule has 1 amide bonds. The van der Waals surface area contributed by atoms with Gasteiger partial charge in [0.25, 0.3) is 5.91 Å². The number of halogens is 1. The second kappa shape index (κ2) is 7.96. The van der Waals surface area contributed by atoms with Crippen LogP contribution < -0.4 is 5.32 Å². The van der Waals surface area contributed by atoms with E-state index in [4.69, 9.17) is 0 Å². The van der Waals surface area contributed by atoms with Gasteiger partial charge in [-0.3, -0.25) is 10.1 Å². The Hall–Kier alpha value is -2.60. The summed E-state index contributed by atoms with van der Waals surface area (Å²) in [5.41, 5.74) is 2.69. The summed E-state index contributed by atoms with van der Waals surface area (Å²) in [6.45, 7) is 0. The lowest BCUT2D eigenvalue weighted by Gasteiger charge is -2.22. The highest BCUT2D eigenvalue weighted by Gasteiger charge is 2.16. The fourth-order valence-electron chi connectivity index (χ4n) is 3.49. The molecule has 6 heteroatoms. The number of carbonyl (C=O) groups is 1. The summed E-state index contributed by atoms with van der Waals surface area (Å²) >= 11 is 1.26. The van der Waals surface area contributed by atoms with Crippen molar-refractivity contribution in [3.05, 3.63) is 65.5 Å². The third kappa shape index (κ3) is 4.22. The van der Waals surface area contributed by atoms with Crippen LogP contribution >= 0.6 is 11.3 Å². The lowest BCUT2D eigenvalue weighted by atomic mass is 9.84. The second-order valence-corrected chi connectivity index (χ2v) is 7.81. The molecule has 1 aliphatic carbocycles. The van der Waals surface area contributed by atoms with E-state index in [0.29, 0.717) is 21.6 Å². The van der Waals surface area contributed by atoms with E-state index >= 15 is 0 Å². The predicted molar refractivity (Wildman–Crippen MR) is 106 cm³/mol. The zero-order valence-electron chi connectivity index (χ0n) is 14.8. The maximum Gasteiger partial charge on any atom is 0.257 e. The van der Waals surface area contributed by atoms with Crippen LogP contribution in [0.15, 0.2) is 48.5 Å². The molecule has 0 radical (unpaired) electrons. The fraction of sp³-hybridized carbons (Fsp3) is 0.286. The van der Waals surface area contributed by atoms with E-state index < -0.39 is 0 Å². The number of hydrogen-bond acceptors (Lipinski definition) is 4. The van der Waals surface area contributed by atoms with E-state index in [9.17, 15) is 9.18 Å². The first kappa shape index (κ1) is 17.8. The first-order valence-electron chi connectivity index (χ1n) is 9.20. The minimum Gasteiger partial charge on any atom is -0.296 e. The average Bonchev–Trinajstić information content (AvgIpc) is 3.18. The molecule has 1 saturated carbocycles. The minimum atomic E-state index is -0.298. The highest BCUT2D eigenvalue weighted by molar-refractivity contribution is 7.18. The molecule has 1 aliphatic rings. The zero-order chi connectivity index (χ0) is 18.6. The Balaban J connectivity index is 1.42. The third-order valence-electron chi connectivity index (χ3n) is 4.99. The summed E-state index contributed by atoms with van der Waals surface area (Å²) in [7, 11) is 0. The topological polar surface area (TPSA) is 54.9 Å². The van der Waals surface area contributed by atoms with E-state index in [-0.39, 0.29) is 11.7 Å². The molecule has 4 nitrogen and oxygen atoms in total. The summed E-state index contributed by atoms with van der Waals surface area (Å²) in [5.74, 6) is 0.123. The Bertz CT molecular complexity index is 915. The molecule has 0 unspecified atom stereocenters. The van der Waals surface area contributed by atoms with Crippen molar-refractivity contribution < 1.29 is 9.18 Å². The van der Waals surface area contributed by atoms with Crippen LogP contribution in [0.5, 0.6) is 0 Å². The van der Waals surface area contributed by atoms with Gasteiger partial charge >= 0.3 is 0 Å². The summed E-state index contributed by atoms with van der Waals surface area (Å²) in [4.78, 5) is 12.5. The van der Waals surface area contributed by atoms with E-state index in [1.807, 2.05) is 12.1 Å². The van der Waals surface area contributed by atoms with Crippen molar-refractivity contribution in [3.63, 3.8) is 0 Å². The van der Waals surface area contributed by atoms with Gasteiger partial charge in [0.1, 0.15) is 10.8 Å². The quantitative estimate of drug-likeness (QED) is 0.636. The molecule has 1 fully saturated rings. The summed E-state index contributed by atoms with van der Waals surface area (Å²) in [6.07, 6.45) is 6.39. The van der Waals surface area contributed by atoms with E-state index in [1.54, 1.807) is 12.1 Å². The van der Waals surface area contributed by atoms with Crippen LogP contribution in [0.4, 0.5) is 9.52 Å². The van der Waals surface area contributed by atoms with Crippen molar-refractivity contribution in [1.82, 2.24) is 10.2 Å². The number of nitrogens with one attached hydrogen (secondary N) is 1. The van der Waals surface area contributed by atoms with Gasteiger partial charge in [0, 0.05) is 11.1 Å². The van der Waals surface area contributed by atoms with Crippen molar-refractivity contribution in [2.45, 2.75) is 38.0 Å². The molecule has 1 heterocycles. The van der Waals surface area contributed by atoms with Gasteiger partial charge in [-0.05, 0) is 60.7 Å². The van der Waals surface area contributed by atoms with Gasteiger partial charge in [0.05, 0.1) is 0 Å². The molecule has 0 spiro atoms. The van der Waals surface area contributed by atoms with Gasteiger partial charge in [0.2, 0.25) is 5.13 Å². The molecular weight excluding hydrogens is 361 g/mol. The van der Waals surface area contributed by atoms with Crippen molar-refractivity contribution in [1.29, 1.82) is 0 Å². The Morgan fingerprint density at radius 3 is 2.37 bits per heavy atom. The summed E-state index contributed by atoms with van der Waals surface area (Å²) in [6, 6.07) is 13.9. The van der Waals surface area contributed by atoms with E-state index in [1.165, 1.54) is 61.1 Å². The smallest absolute Gasteiger partial charge is 0.257 e. The highest BCUT2D eigenvalue weighted by Crippen LogP contribution is 2.32. The molecule has 3 aromatic rings. The second-order valence-electron chi connectivity index (χ2n) is 6.83.